The summed E-state index contributed by atoms with van der Waals surface area (Å²) in [4.78, 5) is 18.0. The normalized spacial score (nSPS) is 10.3. The first-order valence-corrected chi connectivity index (χ1v) is 7.27. The lowest BCUT2D eigenvalue weighted by molar-refractivity contribution is -0.114. The number of hydrogen-bond donors (Lipinski definition) is 1. The van der Waals surface area contributed by atoms with Crippen molar-refractivity contribution >= 4 is 17.3 Å². The highest BCUT2D eigenvalue weighted by molar-refractivity contribution is 5.94. The van der Waals surface area contributed by atoms with Crippen molar-refractivity contribution in [2.24, 2.45) is 0 Å². The third-order valence-corrected chi connectivity index (χ3v) is 3.44. The van der Waals surface area contributed by atoms with Crippen molar-refractivity contribution in [3.05, 3.63) is 67.2 Å². The number of carbonyl (C=O) groups is 1. The average Bonchev–Trinajstić information content (AvgIpc) is 3.10. The Kier molecular flexibility index (Phi) is 4.38. The molecule has 0 spiro atoms. The smallest absolute Gasteiger partial charge is 0.243 e. The van der Waals surface area contributed by atoms with Crippen LogP contribution in [0.5, 0.6) is 0 Å². The molecule has 5 heteroatoms. The Labute approximate surface area is 134 Å². The first kappa shape index (κ1) is 14.8. The van der Waals surface area contributed by atoms with E-state index in [0.717, 1.165) is 16.9 Å². The molecule has 0 bridgehead atoms. The number of aromatic nitrogens is 1. The molecule has 0 atom stereocenters. The molecule has 116 valence electrons. The maximum absolute atomic E-state index is 12.2. The zero-order valence-electron chi connectivity index (χ0n) is 12.8. The van der Waals surface area contributed by atoms with E-state index in [1.165, 1.54) is 6.39 Å². The summed E-state index contributed by atoms with van der Waals surface area (Å²) in [7, 11) is 1.89. The number of benzene rings is 2. The van der Waals surface area contributed by atoms with E-state index in [0.29, 0.717) is 5.76 Å². The van der Waals surface area contributed by atoms with Crippen molar-refractivity contribution in [2.45, 2.75) is 0 Å². The second-order valence-electron chi connectivity index (χ2n) is 5.19. The SMILES string of the molecule is CN(CC(=O)Nc1cccc(-c2cnco2)c1)c1ccccc1. The van der Waals surface area contributed by atoms with Crippen molar-refractivity contribution in [1.29, 1.82) is 0 Å². The number of amides is 1. The lowest BCUT2D eigenvalue weighted by Gasteiger charge is -2.18. The van der Waals surface area contributed by atoms with E-state index in [2.05, 4.69) is 10.3 Å². The Morgan fingerprint density at radius 3 is 2.74 bits per heavy atom. The van der Waals surface area contributed by atoms with Crippen LogP contribution in [0.4, 0.5) is 11.4 Å². The lowest BCUT2D eigenvalue weighted by atomic mass is 10.1. The predicted octanol–water partition coefficient (Wildman–Crippen LogP) is 3.42. The number of nitrogens with zero attached hydrogens (tertiary/aromatic N) is 2. The van der Waals surface area contributed by atoms with Crippen molar-refractivity contribution < 1.29 is 9.21 Å². The van der Waals surface area contributed by atoms with Gasteiger partial charge in [0.25, 0.3) is 0 Å². The molecule has 1 N–H and O–H groups in total. The largest absolute Gasteiger partial charge is 0.444 e. The highest BCUT2D eigenvalue weighted by atomic mass is 16.3. The van der Waals surface area contributed by atoms with E-state index in [9.17, 15) is 4.79 Å². The molecule has 0 aliphatic rings. The zero-order valence-corrected chi connectivity index (χ0v) is 12.8. The average molecular weight is 307 g/mol. The van der Waals surface area contributed by atoms with Crippen molar-refractivity contribution in [3.8, 4) is 11.3 Å². The van der Waals surface area contributed by atoms with E-state index in [1.54, 1.807) is 6.20 Å². The maximum Gasteiger partial charge on any atom is 0.243 e. The first-order valence-electron chi connectivity index (χ1n) is 7.27. The molecule has 1 amide bonds. The summed E-state index contributed by atoms with van der Waals surface area (Å²) in [5, 5.41) is 2.90. The van der Waals surface area contributed by atoms with Crippen LogP contribution >= 0.6 is 0 Å². The van der Waals surface area contributed by atoms with Gasteiger partial charge in [-0.15, -0.1) is 0 Å². The number of nitrogens with one attached hydrogen (secondary N) is 1. The van der Waals surface area contributed by atoms with Crippen LogP contribution in [0.1, 0.15) is 0 Å². The Hall–Kier alpha value is -3.08. The van der Waals surface area contributed by atoms with Gasteiger partial charge in [-0.05, 0) is 24.3 Å². The number of carbonyl (C=O) groups excluding carboxylic acids is 1. The van der Waals surface area contributed by atoms with Crippen molar-refractivity contribution in [3.63, 3.8) is 0 Å². The summed E-state index contributed by atoms with van der Waals surface area (Å²) in [6.45, 7) is 0.274. The van der Waals surface area contributed by atoms with Crippen LogP contribution < -0.4 is 10.2 Å². The fraction of sp³-hybridized carbons (Fsp3) is 0.111. The second kappa shape index (κ2) is 6.79. The van der Waals surface area contributed by atoms with Gasteiger partial charge in [0.2, 0.25) is 5.91 Å². The molecule has 1 heterocycles. The van der Waals surface area contributed by atoms with E-state index < -0.39 is 0 Å². The Bertz CT molecular complexity index is 770. The number of oxazole rings is 1. The van der Waals surface area contributed by atoms with E-state index in [1.807, 2.05) is 66.5 Å². The standard InChI is InChI=1S/C18H17N3O2/c1-21(16-8-3-2-4-9-16)12-18(22)20-15-7-5-6-14(10-15)17-11-19-13-23-17/h2-11,13H,12H2,1H3,(H,20,22). The van der Waals surface area contributed by atoms with Crippen LogP contribution in [0.25, 0.3) is 11.3 Å². The molecule has 0 saturated carbocycles. The third-order valence-electron chi connectivity index (χ3n) is 3.44. The molecular formula is C18H17N3O2. The maximum atomic E-state index is 12.2. The molecule has 23 heavy (non-hydrogen) atoms. The van der Waals surface area contributed by atoms with E-state index in [4.69, 9.17) is 4.42 Å². The van der Waals surface area contributed by atoms with Gasteiger partial charge in [0, 0.05) is 24.0 Å². The van der Waals surface area contributed by atoms with Gasteiger partial charge in [-0.25, -0.2) is 4.98 Å². The number of rotatable bonds is 5. The van der Waals surface area contributed by atoms with Crippen LogP contribution in [0, 0.1) is 0 Å². The molecule has 0 unspecified atom stereocenters. The Morgan fingerprint density at radius 2 is 2.00 bits per heavy atom. The summed E-state index contributed by atoms with van der Waals surface area (Å²) in [6, 6.07) is 17.3. The van der Waals surface area contributed by atoms with Crippen LogP contribution in [-0.2, 0) is 4.79 Å². The summed E-state index contributed by atoms with van der Waals surface area (Å²) < 4.78 is 5.27. The number of hydrogen-bond acceptors (Lipinski definition) is 4. The molecular weight excluding hydrogens is 290 g/mol. The molecule has 3 rings (SSSR count). The predicted molar refractivity (Wildman–Crippen MR) is 90.3 cm³/mol. The van der Waals surface area contributed by atoms with Gasteiger partial charge in [-0.1, -0.05) is 30.3 Å². The molecule has 5 nitrogen and oxygen atoms in total. The Morgan fingerprint density at radius 1 is 1.17 bits per heavy atom. The number of likely N-dealkylation sites (N-methyl/N-ethyl adjacent to an activating group) is 1. The quantitative estimate of drug-likeness (QED) is 0.784. The number of para-hydroxylation sites is 1. The monoisotopic (exact) mass is 307 g/mol. The van der Waals surface area contributed by atoms with Crippen molar-refractivity contribution in [1.82, 2.24) is 4.98 Å². The van der Waals surface area contributed by atoms with Gasteiger partial charge < -0.3 is 14.6 Å². The van der Waals surface area contributed by atoms with E-state index in [-0.39, 0.29) is 12.5 Å². The highest BCUT2D eigenvalue weighted by Gasteiger charge is 2.09. The molecule has 0 fully saturated rings. The Balaban J connectivity index is 1.65. The van der Waals surface area contributed by atoms with Crippen LogP contribution in [0.3, 0.4) is 0 Å². The van der Waals surface area contributed by atoms with Gasteiger partial charge in [0.15, 0.2) is 12.2 Å². The molecule has 0 radical (unpaired) electrons. The van der Waals surface area contributed by atoms with Crippen LogP contribution in [-0.4, -0.2) is 24.5 Å². The minimum Gasteiger partial charge on any atom is -0.444 e. The van der Waals surface area contributed by atoms with Crippen molar-refractivity contribution in [2.75, 3.05) is 23.8 Å². The fourth-order valence-corrected chi connectivity index (χ4v) is 2.30. The molecule has 0 aliphatic heterocycles. The molecule has 1 aromatic heterocycles. The highest BCUT2D eigenvalue weighted by Crippen LogP contribution is 2.22. The van der Waals surface area contributed by atoms with Crippen LogP contribution in [0.2, 0.25) is 0 Å². The molecule has 3 aromatic rings. The molecule has 0 saturated heterocycles. The molecule has 0 aliphatic carbocycles. The zero-order chi connectivity index (χ0) is 16.1. The fourth-order valence-electron chi connectivity index (χ4n) is 2.30. The summed E-state index contributed by atoms with van der Waals surface area (Å²) in [5.74, 6) is 0.591. The first-order chi connectivity index (χ1) is 11.2. The number of anilines is 2. The van der Waals surface area contributed by atoms with Crippen LogP contribution in [0.15, 0.2) is 71.6 Å². The minimum atomic E-state index is -0.0777. The van der Waals surface area contributed by atoms with Gasteiger partial charge in [-0.2, -0.15) is 0 Å². The molecule has 2 aromatic carbocycles. The topological polar surface area (TPSA) is 58.4 Å². The van der Waals surface area contributed by atoms with Gasteiger partial charge >= 0.3 is 0 Å². The summed E-state index contributed by atoms with van der Waals surface area (Å²) in [5.41, 5.74) is 2.60. The van der Waals surface area contributed by atoms with E-state index >= 15 is 0 Å². The third kappa shape index (κ3) is 3.77. The minimum absolute atomic E-state index is 0.0777. The van der Waals surface area contributed by atoms with Gasteiger partial charge in [0.1, 0.15) is 0 Å². The van der Waals surface area contributed by atoms with Gasteiger partial charge in [0.05, 0.1) is 12.7 Å². The second-order valence-corrected chi connectivity index (χ2v) is 5.19. The van der Waals surface area contributed by atoms with Gasteiger partial charge in [-0.3, -0.25) is 4.79 Å². The summed E-state index contributed by atoms with van der Waals surface area (Å²) >= 11 is 0. The lowest BCUT2D eigenvalue weighted by Crippen LogP contribution is -2.29. The summed E-state index contributed by atoms with van der Waals surface area (Å²) in [6.07, 6.45) is 3.03.